The van der Waals surface area contributed by atoms with Crippen LogP contribution < -0.4 is 26.6 Å². The van der Waals surface area contributed by atoms with Gasteiger partial charge in [-0.25, -0.2) is 9.59 Å². The SMILES string of the molecule is CC(C)CC(NC(=O)OCc1ccccc1)C(=O)NCCCCCCNCCCCCCNC(=O)C(CC(C)C)NC(=O)OCc1ccccc1. The maximum absolute atomic E-state index is 12.8. The van der Waals surface area contributed by atoms with Crippen LogP contribution in [0.2, 0.25) is 0 Å². The van der Waals surface area contributed by atoms with Crippen molar-refractivity contribution in [1.82, 2.24) is 26.6 Å². The van der Waals surface area contributed by atoms with Crippen molar-refractivity contribution in [3.8, 4) is 0 Å². The first-order valence-electron chi connectivity index (χ1n) is 18.8. The van der Waals surface area contributed by atoms with Crippen LogP contribution in [-0.2, 0) is 32.3 Å². The number of hydrogen-bond acceptors (Lipinski definition) is 7. The van der Waals surface area contributed by atoms with Crippen LogP contribution in [0.3, 0.4) is 0 Å². The number of nitrogens with one attached hydrogen (secondary N) is 5. The number of carbonyl (C=O) groups excluding carboxylic acids is 4. The van der Waals surface area contributed by atoms with Gasteiger partial charge in [-0.2, -0.15) is 0 Å². The zero-order valence-corrected chi connectivity index (χ0v) is 31.3. The van der Waals surface area contributed by atoms with E-state index in [9.17, 15) is 19.2 Å². The van der Waals surface area contributed by atoms with Crippen LogP contribution in [0.4, 0.5) is 9.59 Å². The van der Waals surface area contributed by atoms with Gasteiger partial charge >= 0.3 is 12.2 Å². The second-order valence-corrected chi connectivity index (χ2v) is 13.9. The third-order valence-corrected chi connectivity index (χ3v) is 8.22. The minimum atomic E-state index is -0.622. The molecule has 0 aliphatic carbocycles. The second kappa shape index (κ2) is 26.7. The highest BCUT2D eigenvalue weighted by molar-refractivity contribution is 5.86. The van der Waals surface area contributed by atoms with E-state index in [2.05, 4.69) is 26.6 Å². The van der Waals surface area contributed by atoms with Gasteiger partial charge in [0.2, 0.25) is 11.8 Å². The quantitative estimate of drug-likeness (QED) is 0.0691. The first kappa shape index (κ1) is 43.0. The highest BCUT2D eigenvalue weighted by Gasteiger charge is 2.23. The molecule has 4 amide bonds. The summed E-state index contributed by atoms with van der Waals surface area (Å²) in [6.07, 6.45) is 8.07. The Balaban J connectivity index is 1.46. The molecule has 2 atom stereocenters. The molecule has 51 heavy (non-hydrogen) atoms. The molecule has 2 rings (SSSR count). The van der Waals surface area contributed by atoms with Crippen molar-refractivity contribution in [3.63, 3.8) is 0 Å². The number of rotatable bonds is 26. The minimum absolute atomic E-state index is 0.162. The molecule has 0 aliphatic heterocycles. The minimum Gasteiger partial charge on any atom is -0.445 e. The zero-order valence-electron chi connectivity index (χ0n) is 31.3. The van der Waals surface area contributed by atoms with Crippen LogP contribution >= 0.6 is 0 Å². The van der Waals surface area contributed by atoms with Crippen LogP contribution in [0, 0.1) is 11.8 Å². The third kappa shape index (κ3) is 21.6. The first-order valence-corrected chi connectivity index (χ1v) is 18.8. The average Bonchev–Trinajstić information content (AvgIpc) is 3.11. The van der Waals surface area contributed by atoms with Gasteiger partial charge in [-0.1, -0.05) is 114 Å². The predicted octanol–water partition coefficient (Wildman–Crippen LogP) is 6.61. The van der Waals surface area contributed by atoms with Gasteiger partial charge in [0, 0.05) is 13.1 Å². The molecule has 11 nitrogen and oxygen atoms in total. The molecule has 0 aliphatic rings. The van der Waals surface area contributed by atoms with Gasteiger partial charge in [-0.15, -0.1) is 0 Å². The summed E-state index contributed by atoms with van der Waals surface area (Å²) >= 11 is 0. The van der Waals surface area contributed by atoms with E-state index in [1.54, 1.807) is 0 Å². The van der Waals surface area contributed by atoms with Crippen molar-refractivity contribution >= 4 is 24.0 Å². The largest absolute Gasteiger partial charge is 0.445 e. The van der Waals surface area contributed by atoms with Gasteiger partial charge in [0.05, 0.1) is 0 Å². The Labute approximate surface area is 305 Å². The van der Waals surface area contributed by atoms with Crippen LogP contribution in [0.15, 0.2) is 60.7 Å². The van der Waals surface area contributed by atoms with Crippen LogP contribution in [-0.4, -0.2) is 62.3 Å². The average molecular weight is 710 g/mol. The molecule has 0 saturated heterocycles. The molecule has 0 radical (unpaired) electrons. The van der Waals surface area contributed by atoms with Gasteiger partial charge in [0.25, 0.3) is 0 Å². The molecule has 11 heteroatoms. The van der Waals surface area contributed by atoms with Crippen molar-refractivity contribution < 1.29 is 28.7 Å². The molecule has 0 bridgehead atoms. The molecule has 0 heterocycles. The number of unbranched alkanes of at least 4 members (excludes halogenated alkanes) is 6. The lowest BCUT2D eigenvalue weighted by molar-refractivity contribution is -0.124. The van der Waals surface area contributed by atoms with E-state index in [1.165, 1.54) is 0 Å². The van der Waals surface area contributed by atoms with E-state index in [-0.39, 0.29) is 36.9 Å². The Morgan fingerprint density at radius 1 is 0.510 bits per heavy atom. The number of amides is 4. The Morgan fingerprint density at radius 2 is 0.863 bits per heavy atom. The van der Waals surface area contributed by atoms with E-state index in [0.29, 0.717) is 25.9 Å². The molecule has 2 unspecified atom stereocenters. The Hall–Kier alpha value is -4.12. The number of hydrogen-bond donors (Lipinski definition) is 5. The van der Waals surface area contributed by atoms with Crippen molar-refractivity contribution in [1.29, 1.82) is 0 Å². The van der Waals surface area contributed by atoms with E-state index in [0.717, 1.165) is 75.6 Å². The van der Waals surface area contributed by atoms with Gasteiger partial charge < -0.3 is 36.1 Å². The number of benzene rings is 2. The van der Waals surface area contributed by atoms with Crippen molar-refractivity contribution in [2.45, 2.75) is 117 Å². The normalized spacial score (nSPS) is 12.2. The molecular weight excluding hydrogens is 646 g/mol. The van der Waals surface area contributed by atoms with E-state index < -0.39 is 24.3 Å². The summed E-state index contributed by atoms with van der Waals surface area (Å²) in [6, 6.07) is 17.7. The Morgan fingerprint density at radius 3 is 1.22 bits per heavy atom. The maximum Gasteiger partial charge on any atom is 0.408 e. The van der Waals surface area contributed by atoms with Gasteiger partial charge in [-0.05, 0) is 74.6 Å². The van der Waals surface area contributed by atoms with Crippen LogP contribution in [0.1, 0.15) is 103 Å². The monoisotopic (exact) mass is 709 g/mol. The fourth-order valence-electron chi connectivity index (χ4n) is 5.47. The third-order valence-electron chi connectivity index (χ3n) is 8.22. The standard InChI is InChI=1S/C40H63N5O6/c1-31(2)27-35(44-39(48)50-29-33-19-11-9-12-20-33)37(46)42-25-17-7-5-15-23-41-24-16-6-8-18-26-43-38(47)36(28-32(3)4)45-40(49)51-30-34-21-13-10-14-22-34/h9-14,19-22,31-32,35-36,41H,5-8,15-18,23-30H2,1-4H3,(H,42,46)(H,43,47)(H,44,48)(H,45,49). The Bertz CT molecular complexity index is 1150. The molecule has 2 aromatic carbocycles. The highest BCUT2D eigenvalue weighted by Crippen LogP contribution is 2.09. The summed E-state index contributed by atoms with van der Waals surface area (Å²) in [5, 5.41) is 14.9. The van der Waals surface area contributed by atoms with Gasteiger partial charge in [0.15, 0.2) is 0 Å². The van der Waals surface area contributed by atoms with Crippen molar-refractivity contribution in [2.75, 3.05) is 26.2 Å². The lowest BCUT2D eigenvalue weighted by Gasteiger charge is -2.20. The summed E-state index contributed by atoms with van der Waals surface area (Å²) in [6.45, 7) is 11.5. The lowest BCUT2D eigenvalue weighted by Crippen LogP contribution is -2.47. The maximum atomic E-state index is 12.8. The molecule has 2 aromatic rings. The van der Waals surface area contributed by atoms with E-state index in [4.69, 9.17) is 9.47 Å². The summed E-state index contributed by atoms with van der Waals surface area (Å²) in [5.74, 6) is 0.149. The second-order valence-electron chi connectivity index (χ2n) is 13.9. The van der Waals surface area contributed by atoms with E-state index in [1.807, 2.05) is 88.4 Å². The van der Waals surface area contributed by atoms with Gasteiger partial charge in [-0.3, -0.25) is 9.59 Å². The molecule has 0 aromatic heterocycles. The molecule has 5 N–H and O–H groups in total. The fourth-order valence-corrected chi connectivity index (χ4v) is 5.47. The molecule has 0 spiro atoms. The molecule has 284 valence electrons. The summed E-state index contributed by atoms with van der Waals surface area (Å²) in [5.41, 5.74) is 1.79. The van der Waals surface area contributed by atoms with Crippen molar-refractivity contribution in [2.24, 2.45) is 11.8 Å². The van der Waals surface area contributed by atoms with E-state index >= 15 is 0 Å². The van der Waals surface area contributed by atoms with Crippen LogP contribution in [0.25, 0.3) is 0 Å². The Kier molecular flexibility index (Phi) is 22.5. The smallest absolute Gasteiger partial charge is 0.408 e. The zero-order chi connectivity index (χ0) is 37.1. The number of carbonyl (C=O) groups is 4. The summed E-state index contributed by atoms with van der Waals surface area (Å²) in [4.78, 5) is 50.1. The number of ether oxygens (including phenoxy) is 2. The number of alkyl carbamates (subject to hydrolysis) is 2. The highest BCUT2D eigenvalue weighted by atomic mass is 16.6. The van der Waals surface area contributed by atoms with Crippen LogP contribution in [0.5, 0.6) is 0 Å². The summed E-state index contributed by atoms with van der Waals surface area (Å²) in [7, 11) is 0. The topological polar surface area (TPSA) is 147 Å². The van der Waals surface area contributed by atoms with Gasteiger partial charge in [0.1, 0.15) is 25.3 Å². The summed E-state index contributed by atoms with van der Waals surface area (Å²) < 4.78 is 10.6. The first-order chi connectivity index (χ1) is 24.6. The molecule has 0 fully saturated rings. The molecular formula is C40H63N5O6. The van der Waals surface area contributed by atoms with Crippen molar-refractivity contribution in [3.05, 3.63) is 71.8 Å². The predicted molar refractivity (Wildman–Crippen MR) is 202 cm³/mol. The molecule has 0 saturated carbocycles. The fraction of sp³-hybridized carbons (Fsp3) is 0.600. The lowest BCUT2D eigenvalue weighted by atomic mass is 10.0.